The van der Waals surface area contributed by atoms with Gasteiger partial charge in [0, 0.05) is 41.3 Å². The summed E-state index contributed by atoms with van der Waals surface area (Å²) in [5.41, 5.74) is 1.35. The SMILES string of the molecule is CCS(=O)CCNC(=O)c1cc(NC)nc2ccccc12. The van der Waals surface area contributed by atoms with E-state index in [9.17, 15) is 9.00 Å². The summed E-state index contributed by atoms with van der Waals surface area (Å²) in [5, 5.41) is 6.59. The first kappa shape index (κ1) is 15.4. The molecular formula is C15H19N3O2S. The Morgan fingerprint density at radius 1 is 1.33 bits per heavy atom. The maximum absolute atomic E-state index is 12.3. The maximum Gasteiger partial charge on any atom is 0.252 e. The number of amides is 1. The highest BCUT2D eigenvalue weighted by atomic mass is 32.2. The molecule has 1 atom stereocenters. The predicted octanol–water partition coefficient (Wildman–Crippen LogP) is 1.77. The number of nitrogens with zero attached hydrogens (tertiary/aromatic N) is 1. The Bertz CT molecular complexity index is 673. The number of fused-ring (bicyclic) bond motifs is 1. The zero-order valence-electron chi connectivity index (χ0n) is 12.2. The minimum atomic E-state index is -0.872. The van der Waals surface area contributed by atoms with Crippen molar-refractivity contribution in [3.63, 3.8) is 0 Å². The van der Waals surface area contributed by atoms with Gasteiger partial charge < -0.3 is 10.6 Å². The average Bonchev–Trinajstić information content (AvgIpc) is 2.53. The third-order valence-corrected chi connectivity index (χ3v) is 4.46. The Balaban J connectivity index is 2.23. The smallest absolute Gasteiger partial charge is 0.252 e. The van der Waals surface area contributed by atoms with Crippen molar-refractivity contribution in [3.05, 3.63) is 35.9 Å². The van der Waals surface area contributed by atoms with Crippen molar-refractivity contribution in [1.29, 1.82) is 0 Å². The molecule has 1 aromatic heterocycles. The Morgan fingerprint density at radius 2 is 2.10 bits per heavy atom. The van der Waals surface area contributed by atoms with Crippen molar-refractivity contribution < 1.29 is 9.00 Å². The second-order valence-electron chi connectivity index (χ2n) is 4.51. The molecule has 0 aliphatic heterocycles. The third-order valence-electron chi connectivity index (χ3n) is 3.15. The van der Waals surface area contributed by atoms with Gasteiger partial charge in [0.15, 0.2) is 0 Å². The van der Waals surface area contributed by atoms with E-state index in [1.54, 1.807) is 13.1 Å². The molecule has 6 heteroatoms. The number of benzene rings is 1. The minimum Gasteiger partial charge on any atom is -0.373 e. The van der Waals surface area contributed by atoms with E-state index in [1.165, 1.54) is 0 Å². The Kier molecular flexibility index (Phi) is 5.27. The molecule has 0 radical (unpaired) electrons. The molecule has 2 aromatic rings. The molecule has 0 aliphatic rings. The normalized spacial score (nSPS) is 12.1. The molecular weight excluding hydrogens is 286 g/mol. The highest BCUT2D eigenvalue weighted by Crippen LogP contribution is 2.20. The monoisotopic (exact) mass is 305 g/mol. The molecule has 21 heavy (non-hydrogen) atoms. The second-order valence-corrected chi connectivity index (χ2v) is 6.38. The lowest BCUT2D eigenvalue weighted by Gasteiger charge is -2.10. The Labute approximate surface area is 126 Å². The summed E-state index contributed by atoms with van der Waals surface area (Å²) in [5.74, 6) is 1.57. The first-order valence-corrected chi connectivity index (χ1v) is 8.35. The first-order valence-electron chi connectivity index (χ1n) is 6.86. The zero-order chi connectivity index (χ0) is 15.2. The Hall–Kier alpha value is -1.95. The Morgan fingerprint density at radius 3 is 2.81 bits per heavy atom. The van der Waals surface area contributed by atoms with Gasteiger partial charge in [0.25, 0.3) is 5.91 Å². The molecule has 0 saturated heterocycles. The van der Waals surface area contributed by atoms with Gasteiger partial charge in [0.1, 0.15) is 5.82 Å². The van der Waals surface area contributed by atoms with E-state index in [-0.39, 0.29) is 5.91 Å². The highest BCUT2D eigenvalue weighted by Gasteiger charge is 2.12. The van der Waals surface area contributed by atoms with Crippen LogP contribution in [0.4, 0.5) is 5.82 Å². The zero-order valence-corrected chi connectivity index (χ0v) is 13.0. The number of carbonyl (C=O) groups is 1. The molecule has 1 amide bonds. The van der Waals surface area contributed by atoms with E-state index in [4.69, 9.17) is 0 Å². The molecule has 2 N–H and O–H groups in total. The van der Waals surface area contributed by atoms with Gasteiger partial charge in [-0.15, -0.1) is 0 Å². The van der Waals surface area contributed by atoms with Gasteiger partial charge in [-0.25, -0.2) is 4.98 Å². The van der Waals surface area contributed by atoms with Gasteiger partial charge in [0.2, 0.25) is 0 Å². The third kappa shape index (κ3) is 3.78. The van der Waals surface area contributed by atoms with E-state index in [1.807, 2.05) is 31.2 Å². The van der Waals surface area contributed by atoms with Crippen molar-refractivity contribution in [1.82, 2.24) is 10.3 Å². The van der Waals surface area contributed by atoms with E-state index < -0.39 is 10.8 Å². The van der Waals surface area contributed by atoms with Crippen molar-refractivity contribution >= 4 is 33.4 Å². The summed E-state index contributed by atoms with van der Waals surface area (Å²) >= 11 is 0. The van der Waals surface area contributed by atoms with Gasteiger partial charge >= 0.3 is 0 Å². The molecule has 0 saturated carbocycles. The van der Waals surface area contributed by atoms with Crippen LogP contribution in [-0.4, -0.2) is 40.2 Å². The van der Waals surface area contributed by atoms with Crippen LogP contribution in [0.5, 0.6) is 0 Å². The minimum absolute atomic E-state index is 0.168. The molecule has 0 bridgehead atoms. The fourth-order valence-corrected chi connectivity index (χ4v) is 2.63. The number of hydrogen-bond acceptors (Lipinski definition) is 4. The van der Waals surface area contributed by atoms with Crippen LogP contribution in [0.15, 0.2) is 30.3 Å². The number of hydrogen-bond donors (Lipinski definition) is 2. The van der Waals surface area contributed by atoms with Gasteiger partial charge in [-0.05, 0) is 12.1 Å². The lowest BCUT2D eigenvalue weighted by molar-refractivity contribution is 0.0958. The second kappa shape index (κ2) is 7.17. The van der Waals surface area contributed by atoms with Crippen LogP contribution in [-0.2, 0) is 10.8 Å². The van der Waals surface area contributed by atoms with Gasteiger partial charge in [-0.3, -0.25) is 9.00 Å². The largest absolute Gasteiger partial charge is 0.373 e. The first-order chi connectivity index (χ1) is 10.2. The van der Waals surface area contributed by atoms with Gasteiger partial charge in [-0.1, -0.05) is 25.1 Å². The van der Waals surface area contributed by atoms with Gasteiger partial charge in [-0.2, -0.15) is 0 Å². The molecule has 1 aromatic carbocycles. The summed E-state index contributed by atoms with van der Waals surface area (Å²) in [6.07, 6.45) is 0. The molecule has 0 aliphatic carbocycles. The van der Waals surface area contributed by atoms with Crippen molar-refractivity contribution in [2.45, 2.75) is 6.92 Å². The number of para-hydroxylation sites is 1. The standard InChI is InChI=1S/C15H19N3O2S/c1-3-21(20)9-8-17-15(19)12-10-14(16-2)18-13-7-5-4-6-11(12)13/h4-7,10H,3,8-9H2,1-2H3,(H,16,18)(H,17,19). The number of aromatic nitrogens is 1. The summed E-state index contributed by atoms with van der Waals surface area (Å²) < 4.78 is 11.4. The molecule has 1 unspecified atom stereocenters. The predicted molar refractivity (Wildman–Crippen MR) is 87.2 cm³/mol. The van der Waals surface area contributed by atoms with Crippen LogP contribution in [0.25, 0.3) is 10.9 Å². The number of pyridine rings is 1. The van der Waals surface area contributed by atoms with E-state index >= 15 is 0 Å². The van der Waals surface area contributed by atoms with Crippen LogP contribution < -0.4 is 10.6 Å². The molecule has 2 rings (SSSR count). The lowest BCUT2D eigenvalue weighted by Crippen LogP contribution is -2.28. The lowest BCUT2D eigenvalue weighted by atomic mass is 10.1. The molecule has 112 valence electrons. The van der Waals surface area contributed by atoms with Crippen molar-refractivity contribution in [2.24, 2.45) is 0 Å². The maximum atomic E-state index is 12.3. The van der Waals surface area contributed by atoms with Crippen LogP contribution in [0.1, 0.15) is 17.3 Å². The summed E-state index contributed by atoms with van der Waals surface area (Å²) in [6.45, 7) is 2.28. The summed E-state index contributed by atoms with van der Waals surface area (Å²) in [7, 11) is 0.895. The van der Waals surface area contributed by atoms with E-state index in [2.05, 4.69) is 15.6 Å². The molecule has 1 heterocycles. The van der Waals surface area contributed by atoms with E-state index in [0.717, 1.165) is 10.9 Å². The highest BCUT2D eigenvalue weighted by molar-refractivity contribution is 7.84. The summed E-state index contributed by atoms with van der Waals surface area (Å²) in [6, 6.07) is 9.25. The van der Waals surface area contributed by atoms with Crippen LogP contribution in [0.3, 0.4) is 0 Å². The fraction of sp³-hybridized carbons (Fsp3) is 0.333. The summed E-state index contributed by atoms with van der Waals surface area (Å²) in [4.78, 5) is 16.7. The van der Waals surface area contributed by atoms with Crippen molar-refractivity contribution in [3.8, 4) is 0 Å². The van der Waals surface area contributed by atoms with E-state index in [0.29, 0.717) is 29.4 Å². The fourth-order valence-electron chi connectivity index (χ4n) is 2.01. The number of rotatable bonds is 6. The number of nitrogens with one attached hydrogen (secondary N) is 2. The van der Waals surface area contributed by atoms with Crippen LogP contribution >= 0.6 is 0 Å². The quantitative estimate of drug-likeness (QED) is 0.853. The number of carbonyl (C=O) groups excluding carboxylic acids is 1. The molecule has 0 fully saturated rings. The van der Waals surface area contributed by atoms with Crippen molar-refractivity contribution in [2.75, 3.05) is 30.4 Å². The van der Waals surface area contributed by atoms with Crippen LogP contribution in [0.2, 0.25) is 0 Å². The van der Waals surface area contributed by atoms with Gasteiger partial charge in [0.05, 0.1) is 11.1 Å². The van der Waals surface area contributed by atoms with Crippen LogP contribution in [0, 0.1) is 0 Å². The number of anilines is 1. The average molecular weight is 305 g/mol. The molecule has 5 nitrogen and oxygen atoms in total. The molecule has 0 spiro atoms. The topological polar surface area (TPSA) is 71.1 Å².